The highest BCUT2D eigenvalue weighted by atomic mass is 16.8. The molecule has 0 aliphatic heterocycles. The standard InChI is InChI=1S/C24H20NO6/c1-2-29-24(26)22-20-14-19(30-15-16-8-10-18(11-9-16)25(27)28)12-13-21(20)31-23(22)17-6-4-3-5-7-17/h3-14,27H,2,15H2,1H3/q-1. The van der Waals surface area contributed by atoms with E-state index in [-0.39, 0.29) is 24.1 Å². The summed E-state index contributed by atoms with van der Waals surface area (Å²) >= 11 is 0. The molecule has 7 nitrogen and oxygen atoms in total. The van der Waals surface area contributed by atoms with Gasteiger partial charge in [0.25, 0.3) is 0 Å². The van der Waals surface area contributed by atoms with Gasteiger partial charge >= 0.3 is 5.97 Å². The van der Waals surface area contributed by atoms with Gasteiger partial charge in [-0.2, -0.15) is 0 Å². The smallest absolute Gasteiger partial charge is 0.342 e. The predicted molar refractivity (Wildman–Crippen MR) is 116 cm³/mol. The van der Waals surface area contributed by atoms with Gasteiger partial charge in [-0.1, -0.05) is 42.5 Å². The van der Waals surface area contributed by atoms with Gasteiger partial charge in [-0.15, -0.1) is 0 Å². The van der Waals surface area contributed by atoms with Crippen LogP contribution < -0.4 is 9.96 Å². The number of carbonyl (C=O) groups excluding carboxylic acids is 1. The fourth-order valence-corrected chi connectivity index (χ4v) is 3.25. The van der Waals surface area contributed by atoms with Crippen molar-refractivity contribution in [2.24, 2.45) is 0 Å². The maximum absolute atomic E-state index is 12.7. The molecule has 0 aliphatic carbocycles. The van der Waals surface area contributed by atoms with Gasteiger partial charge in [0.05, 0.1) is 12.3 Å². The summed E-state index contributed by atoms with van der Waals surface area (Å²) in [6, 6.07) is 21.0. The van der Waals surface area contributed by atoms with Crippen molar-refractivity contribution >= 4 is 22.6 Å². The third kappa shape index (κ3) is 4.37. The molecule has 0 amide bonds. The third-order valence-corrected chi connectivity index (χ3v) is 4.74. The number of fused-ring (bicyclic) bond motifs is 1. The van der Waals surface area contributed by atoms with Crippen LogP contribution in [0.3, 0.4) is 0 Å². The van der Waals surface area contributed by atoms with Crippen molar-refractivity contribution in [3.05, 3.63) is 89.1 Å². The summed E-state index contributed by atoms with van der Waals surface area (Å²) in [7, 11) is 0. The van der Waals surface area contributed by atoms with Crippen LogP contribution in [0, 0.1) is 5.21 Å². The van der Waals surface area contributed by atoms with E-state index in [1.165, 1.54) is 12.1 Å². The highest BCUT2D eigenvalue weighted by Gasteiger charge is 2.23. The number of furan rings is 1. The molecule has 1 aromatic heterocycles. The van der Waals surface area contributed by atoms with Crippen LogP contribution in [0.15, 0.2) is 77.2 Å². The van der Waals surface area contributed by atoms with Crippen LogP contribution in [0.4, 0.5) is 5.69 Å². The summed E-state index contributed by atoms with van der Waals surface area (Å²) in [5, 5.41) is 20.2. The first-order valence-corrected chi connectivity index (χ1v) is 9.73. The molecule has 0 spiro atoms. The molecule has 0 saturated carbocycles. The molecule has 158 valence electrons. The zero-order chi connectivity index (χ0) is 21.8. The summed E-state index contributed by atoms with van der Waals surface area (Å²) in [5.41, 5.74) is 2.64. The lowest BCUT2D eigenvalue weighted by Gasteiger charge is -2.21. The van der Waals surface area contributed by atoms with E-state index in [4.69, 9.17) is 19.1 Å². The zero-order valence-electron chi connectivity index (χ0n) is 16.8. The largest absolute Gasteiger partial charge is 0.733 e. The molecule has 4 rings (SSSR count). The number of nitrogens with zero attached hydrogens (tertiary/aromatic N) is 1. The average Bonchev–Trinajstić information content (AvgIpc) is 3.17. The Morgan fingerprint density at radius 1 is 1.06 bits per heavy atom. The van der Waals surface area contributed by atoms with Crippen molar-refractivity contribution in [2.75, 3.05) is 11.8 Å². The highest BCUT2D eigenvalue weighted by Crippen LogP contribution is 2.36. The summed E-state index contributed by atoms with van der Waals surface area (Å²) in [5.74, 6) is 0.544. The lowest BCUT2D eigenvalue weighted by atomic mass is 10.1. The van der Waals surface area contributed by atoms with Gasteiger partial charge in [0.2, 0.25) is 0 Å². The van der Waals surface area contributed by atoms with E-state index in [0.717, 1.165) is 11.1 Å². The molecule has 0 aliphatic rings. The predicted octanol–water partition coefficient (Wildman–Crippen LogP) is 5.55. The number of anilines is 1. The highest BCUT2D eigenvalue weighted by molar-refractivity contribution is 6.09. The molecule has 3 aromatic carbocycles. The van der Waals surface area contributed by atoms with Crippen molar-refractivity contribution in [1.29, 1.82) is 0 Å². The molecule has 0 saturated heterocycles. The number of carbonyl (C=O) groups is 1. The Bertz CT molecular complexity index is 1180. The summed E-state index contributed by atoms with van der Waals surface area (Å²) in [6.07, 6.45) is 0. The van der Waals surface area contributed by atoms with Crippen molar-refractivity contribution in [3.63, 3.8) is 0 Å². The molecule has 4 aromatic rings. The van der Waals surface area contributed by atoms with Crippen molar-refractivity contribution in [2.45, 2.75) is 13.5 Å². The minimum atomic E-state index is -0.459. The SMILES string of the molecule is CCOC(=O)c1c(-c2ccccc2)oc2ccc(OCc3ccc(N([O-])O)cc3)cc12. The topological polar surface area (TPSA) is 95.2 Å². The van der Waals surface area contributed by atoms with E-state index in [2.05, 4.69) is 0 Å². The van der Waals surface area contributed by atoms with Crippen molar-refractivity contribution in [1.82, 2.24) is 0 Å². The first kappa shape index (κ1) is 20.5. The van der Waals surface area contributed by atoms with Crippen LogP contribution >= 0.6 is 0 Å². The third-order valence-electron chi connectivity index (χ3n) is 4.74. The zero-order valence-corrected chi connectivity index (χ0v) is 16.8. The molecule has 1 heterocycles. The average molecular weight is 418 g/mol. The molecule has 0 fully saturated rings. The Balaban J connectivity index is 1.65. The quantitative estimate of drug-likeness (QED) is 0.310. The number of hydrogen-bond donors (Lipinski definition) is 1. The van der Waals surface area contributed by atoms with Crippen LogP contribution in [0.25, 0.3) is 22.3 Å². The minimum Gasteiger partial charge on any atom is -0.733 e. The molecule has 0 atom stereocenters. The maximum Gasteiger partial charge on any atom is 0.342 e. The number of hydrogen-bond acceptors (Lipinski definition) is 7. The lowest BCUT2D eigenvalue weighted by molar-refractivity contribution is 0.0528. The van der Waals surface area contributed by atoms with Gasteiger partial charge in [0.1, 0.15) is 29.3 Å². The molecular formula is C24H20NO6-. The van der Waals surface area contributed by atoms with E-state index in [0.29, 0.717) is 28.0 Å². The van der Waals surface area contributed by atoms with Gasteiger partial charge < -0.3 is 24.3 Å². The Hall–Kier alpha value is -3.81. The fourth-order valence-electron chi connectivity index (χ4n) is 3.25. The molecule has 31 heavy (non-hydrogen) atoms. The van der Waals surface area contributed by atoms with Gasteiger partial charge in [-0.05, 0) is 42.8 Å². The lowest BCUT2D eigenvalue weighted by Crippen LogP contribution is -2.06. The second-order valence-electron chi connectivity index (χ2n) is 6.78. The van der Waals surface area contributed by atoms with Crippen LogP contribution in [0.5, 0.6) is 5.75 Å². The van der Waals surface area contributed by atoms with E-state index in [1.54, 1.807) is 37.3 Å². The van der Waals surface area contributed by atoms with E-state index >= 15 is 0 Å². The van der Waals surface area contributed by atoms with Gasteiger partial charge in [0.15, 0.2) is 0 Å². The number of esters is 1. The molecule has 7 heteroatoms. The summed E-state index contributed by atoms with van der Waals surface area (Å²) < 4.78 is 17.1. The van der Waals surface area contributed by atoms with Gasteiger partial charge in [-0.25, -0.2) is 4.79 Å². The van der Waals surface area contributed by atoms with Crippen LogP contribution in [-0.2, 0) is 11.3 Å². The number of rotatable bonds is 7. The Kier molecular flexibility index (Phi) is 5.88. The number of ether oxygens (including phenoxy) is 2. The molecular weight excluding hydrogens is 398 g/mol. The molecule has 0 bridgehead atoms. The summed E-state index contributed by atoms with van der Waals surface area (Å²) in [4.78, 5) is 12.7. The fraction of sp³-hybridized carbons (Fsp3) is 0.125. The van der Waals surface area contributed by atoms with Crippen LogP contribution in [-0.4, -0.2) is 17.8 Å². The van der Waals surface area contributed by atoms with E-state index in [9.17, 15) is 10.0 Å². The van der Waals surface area contributed by atoms with Crippen molar-refractivity contribution in [3.8, 4) is 17.1 Å². The van der Waals surface area contributed by atoms with Crippen molar-refractivity contribution < 1.29 is 23.9 Å². The molecule has 0 radical (unpaired) electrons. The Morgan fingerprint density at radius 2 is 1.81 bits per heavy atom. The van der Waals surface area contributed by atoms with Crippen LogP contribution in [0.2, 0.25) is 0 Å². The number of benzene rings is 3. The van der Waals surface area contributed by atoms with Gasteiger partial charge in [0, 0.05) is 10.9 Å². The first-order chi connectivity index (χ1) is 15.1. The van der Waals surface area contributed by atoms with E-state index < -0.39 is 5.97 Å². The minimum absolute atomic E-state index is 0.135. The normalized spacial score (nSPS) is 10.8. The first-order valence-electron chi connectivity index (χ1n) is 9.73. The Morgan fingerprint density at radius 3 is 2.48 bits per heavy atom. The second-order valence-corrected chi connectivity index (χ2v) is 6.78. The second kappa shape index (κ2) is 8.91. The van der Waals surface area contributed by atoms with E-state index in [1.807, 2.05) is 30.3 Å². The molecule has 0 unspecified atom stereocenters. The van der Waals surface area contributed by atoms with Gasteiger partial charge in [-0.3, -0.25) is 5.21 Å². The van der Waals surface area contributed by atoms with Crippen LogP contribution in [0.1, 0.15) is 22.8 Å². The monoisotopic (exact) mass is 418 g/mol. The molecule has 1 N–H and O–H groups in total. The maximum atomic E-state index is 12.7. The Labute approximate surface area is 178 Å². The summed E-state index contributed by atoms with van der Waals surface area (Å²) in [6.45, 7) is 2.25.